The lowest BCUT2D eigenvalue weighted by molar-refractivity contribution is -0.384. The predicted molar refractivity (Wildman–Crippen MR) is 87.0 cm³/mol. The maximum atomic E-state index is 12.0. The van der Waals surface area contributed by atoms with Crippen molar-refractivity contribution in [1.29, 1.82) is 0 Å². The van der Waals surface area contributed by atoms with Crippen molar-refractivity contribution in [3.05, 3.63) is 54.9 Å². The quantitative estimate of drug-likeness (QED) is 0.542. The fourth-order valence-electron chi connectivity index (χ4n) is 2.20. The first-order valence-electron chi connectivity index (χ1n) is 6.98. The van der Waals surface area contributed by atoms with E-state index in [4.69, 9.17) is 4.42 Å². The van der Waals surface area contributed by atoms with Crippen LogP contribution in [0.4, 0.5) is 5.69 Å². The number of benzene rings is 1. The van der Waals surface area contributed by atoms with E-state index < -0.39 is 10.7 Å². The van der Waals surface area contributed by atoms with E-state index in [0.717, 1.165) is 10.7 Å². The molecule has 0 spiro atoms. The molecule has 3 aromatic rings. The van der Waals surface area contributed by atoms with Crippen LogP contribution in [0.5, 0.6) is 0 Å². The van der Waals surface area contributed by atoms with E-state index in [1.165, 1.54) is 34.1 Å². The Balaban J connectivity index is 2.04. The lowest BCUT2D eigenvalue weighted by Gasteiger charge is -2.13. The number of aromatic nitrogens is 2. The van der Waals surface area contributed by atoms with Gasteiger partial charge in [0.2, 0.25) is 0 Å². The SMILES string of the molecule is CC(C)(C)c1nc(Cn2c(=O)oc3ccc([N+](=O)[O-])cc32)cs1. The molecular weight excluding hydrogens is 318 g/mol. The van der Waals surface area contributed by atoms with Crippen molar-refractivity contribution >= 4 is 28.1 Å². The number of nitrogens with zero attached hydrogens (tertiary/aromatic N) is 3. The fourth-order valence-corrected chi connectivity index (χ4v) is 3.10. The Labute approximate surface area is 135 Å². The van der Waals surface area contributed by atoms with Gasteiger partial charge in [0.1, 0.15) is 0 Å². The van der Waals surface area contributed by atoms with Crippen LogP contribution in [0.2, 0.25) is 0 Å². The molecule has 0 N–H and O–H groups in total. The molecule has 0 amide bonds. The van der Waals surface area contributed by atoms with Crippen LogP contribution in [-0.2, 0) is 12.0 Å². The van der Waals surface area contributed by atoms with Gasteiger partial charge in [0.15, 0.2) is 5.58 Å². The van der Waals surface area contributed by atoms with Gasteiger partial charge in [-0.15, -0.1) is 11.3 Å². The summed E-state index contributed by atoms with van der Waals surface area (Å²) in [5.41, 5.74) is 1.31. The first-order valence-corrected chi connectivity index (χ1v) is 7.86. The second-order valence-corrected chi connectivity index (χ2v) is 7.12. The molecule has 0 fully saturated rings. The van der Waals surface area contributed by atoms with E-state index in [2.05, 4.69) is 25.8 Å². The van der Waals surface area contributed by atoms with Crippen LogP contribution in [0.25, 0.3) is 11.1 Å². The molecule has 0 unspecified atom stereocenters. The van der Waals surface area contributed by atoms with E-state index in [1.807, 2.05) is 5.38 Å². The second-order valence-electron chi connectivity index (χ2n) is 6.26. The molecule has 1 aromatic carbocycles. The lowest BCUT2D eigenvalue weighted by Crippen LogP contribution is -2.16. The first kappa shape index (κ1) is 15.4. The van der Waals surface area contributed by atoms with Crippen molar-refractivity contribution in [2.45, 2.75) is 32.7 Å². The zero-order valence-corrected chi connectivity index (χ0v) is 13.7. The molecule has 0 aliphatic heterocycles. The van der Waals surface area contributed by atoms with Crippen molar-refractivity contribution in [2.24, 2.45) is 0 Å². The molecular formula is C15H15N3O4S. The van der Waals surface area contributed by atoms with E-state index in [0.29, 0.717) is 11.1 Å². The smallest absolute Gasteiger partial charge is 0.408 e. The summed E-state index contributed by atoms with van der Waals surface area (Å²) in [7, 11) is 0. The Hall–Kier alpha value is -2.48. The molecule has 0 bridgehead atoms. The molecule has 7 nitrogen and oxygen atoms in total. The molecule has 120 valence electrons. The Kier molecular flexibility index (Phi) is 3.56. The van der Waals surface area contributed by atoms with Gasteiger partial charge in [-0.1, -0.05) is 20.8 Å². The summed E-state index contributed by atoms with van der Waals surface area (Å²) in [5, 5.41) is 13.8. The maximum Gasteiger partial charge on any atom is 0.420 e. The van der Waals surface area contributed by atoms with Gasteiger partial charge in [-0.25, -0.2) is 9.78 Å². The number of fused-ring (bicyclic) bond motifs is 1. The van der Waals surface area contributed by atoms with Crippen molar-refractivity contribution in [3.63, 3.8) is 0 Å². The first-order chi connectivity index (χ1) is 10.8. The normalized spacial score (nSPS) is 12.0. The molecule has 8 heteroatoms. The minimum Gasteiger partial charge on any atom is -0.408 e. The zero-order valence-electron chi connectivity index (χ0n) is 12.9. The van der Waals surface area contributed by atoms with Gasteiger partial charge in [-0.2, -0.15) is 0 Å². The van der Waals surface area contributed by atoms with Crippen molar-refractivity contribution in [2.75, 3.05) is 0 Å². The number of nitro benzene ring substituents is 1. The number of oxazole rings is 1. The minimum atomic E-state index is -0.550. The van der Waals surface area contributed by atoms with Crippen LogP contribution < -0.4 is 5.76 Å². The molecule has 0 radical (unpaired) electrons. The fraction of sp³-hybridized carbons (Fsp3) is 0.333. The topological polar surface area (TPSA) is 91.2 Å². The highest BCUT2D eigenvalue weighted by Gasteiger charge is 2.19. The molecule has 2 aromatic heterocycles. The van der Waals surface area contributed by atoms with Crippen LogP contribution >= 0.6 is 11.3 Å². The molecule has 0 aliphatic carbocycles. The molecule has 0 atom stereocenters. The Morgan fingerprint density at radius 1 is 1.39 bits per heavy atom. The second kappa shape index (κ2) is 5.31. The Bertz CT molecular complexity index is 946. The lowest BCUT2D eigenvalue weighted by atomic mass is 9.98. The average molecular weight is 333 g/mol. The van der Waals surface area contributed by atoms with Gasteiger partial charge >= 0.3 is 5.76 Å². The number of rotatable bonds is 3. The average Bonchev–Trinajstić information content (AvgIpc) is 3.04. The number of non-ortho nitro benzene ring substituents is 1. The summed E-state index contributed by atoms with van der Waals surface area (Å²) in [5.74, 6) is -0.550. The van der Waals surface area contributed by atoms with Crippen LogP contribution in [0.3, 0.4) is 0 Å². The summed E-state index contributed by atoms with van der Waals surface area (Å²) in [6, 6.07) is 4.10. The molecule has 0 saturated carbocycles. The number of hydrogen-bond donors (Lipinski definition) is 0. The van der Waals surface area contributed by atoms with E-state index in [9.17, 15) is 14.9 Å². The molecule has 0 aliphatic rings. The summed E-state index contributed by atoms with van der Waals surface area (Å²) in [4.78, 5) is 27.0. The summed E-state index contributed by atoms with van der Waals surface area (Å²) in [6.45, 7) is 6.43. The van der Waals surface area contributed by atoms with Crippen molar-refractivity contribution in [1.82, 2.24) is 9.55 Å². The van der Waals surface area contributed by atoms with Gasteiger partial charge in [-0.3, -0.25) is 14.7 Å². The van der Waals surface area contributed by atoms with Gasteiger partial charge in [0, 0.05) is 22.9 Å². The monoisotopic (exact) mass is 333 g/mol. The van der Waals surface area contributed by atoms with Crippen LogP contribution in [-0.4, -0.2) is 14.5 Å². The zero-order chi connectivity index (χ0) is 16.8. The summed E-state index contributed by atoms with van der Waals surface area (Å²) in [6.07, 6.45) is 0. The predicted octanol–water partition coefficient (Wildman–Crippen LogP) is 3.31. The van der Waals surface area contributed by atoms with Crippen molar-refractivity contribution in [3.8, 4) is 0 Å². The molecule has 0 saturated heterocycles. The third-order valence-electron chi connectivity index (χ3n) is 3.38. The highest BCUT2D eigenvalue weighted by atomic mass is 32.1. The van der Waals surface area contributed by atoms with Crippen LogP contribution in [0.1, 0.15) is 31.5 Å². The third kappa shape index (κ3) is 2.89. The van der Waals surface area contributed by atoms with E-state index >= 15 is 0 Å². The van der Waals surface area contributed by atoms with Gasteiger partial charge in [-0.05, 0) is 6.07 Å². The number of nitro groups is 1. The third-order valence-corrected chi connectivity index (χ3v) is 4.69. The van der Waals surface area contributed by atoms with Gasteiger partial charge in [0.25, 0.3) is 5.69 Å². The van der Waals surface area contributed by atoms with Crippen LogP contribution in [0, 0.1) is 10.1 Å². The largest absolute Gasteiger partial charge is 0.420 e. The Morgan fingerprint density at radius 3 is 2.74 bits per heavy atom. The molecule has 3 rings (SSSR count). The van der Waals surface area contributed by atoms with Crippen LogP contribution in [0.15, 0.2) is 32.8 Å². The summed E-state index contributed by atoms with van der Waals surface area (Å²) < 4.78 is 6.51. The maximum absolute atomic E-state index is 12.0. The van der Waals surface area contributed by atoms with Crippen molar-refractivity contribution < 1.29 is 9.34 Å². The standard InChI is InChI=1S/C15H15N3O4S/c1-15(2,3)13-16-9(8-23-13)7-17-11-6-10(18(20)21)4-5-12(11)22-14(17)19/h4-6,8H,7H2,1-3H3. The highest BCUT2D eigenvalue weighted by Crippen LogP contribution is 2.26. The number of thiazole rings is 1. The summed E-state index contributed by atoms with van der Waals surface area (Å²) >= 11 is 1.53. The number of hydrogen-bond acceptors (Lipinski definition) is 6. The Morgan fingerprint density at radius 2 is 2.13 bits per heavy atom. The van der Waals surface area contributed by atoms with E-state index in [-0.39, 0.29) is 17.6 Å². The van der Waals surface area contributed by atoms with E-state index in [1.54, 1.807) is 0 Å². The molecule has 23 heavy (non-hydrogen) atoms. The van der Waals surface area contributed by atoms with Gasteiger partial charge in [0.05, 0.1) is 27.7 Å². The highest BCUT2D eigenvalue weighted by molar-refractivity contribution is 7.09. The molecule has 2 heterocycles. The minimum absolute atomic E-state index is 0.0644. The van der Waals surface area contributed by atoms with Gasteiger partial charge < -0.3 is 4.42 Å².